The number of ether oxygens (including phenoxy) is 1. The molecule has 3 heteroatoms. The lowest BCUT2D eigenvalue weighted by molar-refractivity contribution is 0.259. The minimum absolute atomic E-state index is 0.256. The molecule has 1 saturated heterocycles. The van der Waals surface area contributed by atoms with Crippen LogP contribution in [0.3, 0.4) is 0 Å². The summed E-state index contributed by atoms with van der Waals surface area (Å²) in [7, 11) is 0. The summed E-state index contributed by atoms with van der Waals surface area (Å²) >= 11 is 0. The minimum Gasteiger partial charge on any atom is -0.490 e. The molecule has 100 valence electrons. The number of nitrogens with one attached hydrogen (secondary N) is 1. The van der Waals surface area contributed by atoms with Gasteiger partial charge in [-0.05, 0) is 55.5 Å². The second kappa shape index (κ2) is 6.19. The van der Waals surface area contributed by atoms with E-state index in [1.54, 1.807) is 0 Å². The molecule has 1 aliphatic heterocycles. The molecule has 0 aromatic heterocycles. The van der Waals surface area contributed by atoms with E-state index in [1.165, 1.54) is 11.6 Å². The summed E-state index contributed by atoms with van der Waals surface area (Å²) in [5, 5.41) is 3.35. The van der Waals surface area contributed by atoms with E-state index in [9.17, 15) is 4.39 Å². The number of halogens is 1. The van der Waals surface area contributed by atoms with Crippen LogP contribution in [0.25, 0.3) is 0 Å². The lowest BCUT2D eigenvalue weighted by Gasteiger charge is -2.23. The molecule has 1 N–H and O–H groups in total. The molecule has 0 unspecified atom stereocenters. The summed E-state index contributed by atoms with van der Waals surface area (Å²) in [6.07, 6.45) is 2.24. The molecule has 0 spiro atoms. The van der Waals surface area contributed by atoms with Crippen molar-refractivity contribution in [3.8, 4) is 5.75 Å². The molecule has 0 amide bonds. The summed E-state index contributed by atoms with van der Waals surface area (Å²) in [5.74, 6) is 1.09. The molecule has 1 aromatic rings. The first-order valence-corrected chi connectivity index (χ1v) is 6.80. The quantitative estimate of drug-likeness (QED) is 0.886. The van der Waals surface area contributed by atoms with E-state index in [2.05, 4.69) is 19.2 Å². The van der Waals surface area contributed by atoms with Crippen LogP contribution in [-0.2, 0) is 0 Å². The van der Waals surface area contributed by atoms with Crippen LogP contribution in [0.2, 0.25) is 0 Å². The molecule has 0 bridgehead atoms. The van der Waals surface area contributed by atoms with Crippen molar-refractivity contribution in [3.05, 3.63) is 29.6 Å². The second-order valence-electron chi connectivity index (χ2n) is 5.42. The Labute approximate surface area is 109 Å². The van der Waals surface area contributed by atoms with Crippen LogP contribution in [0.1, 0.15) is 38.2 Å². The van der Waals surface area contributed by atoms with Crippen LogP contribution >= 0.6 is 0 Å². The topological polar surface area (TPSA) is 21.3 Å². The Morgan fingerprint density at radius 1 is 1.33 bits per heavy atom. The third kappa shape index (κ3) is 3.45. The zero-order chi connectivity index (χ0) is 13.0. The van der Waals surface area contributed by atoms with Crippen LogP contribution in [0.4, 0.5) is 4.39 Å². The second-order valence-corrected chi connectivity index (χ2v) is 5.42. The van der Waals surface area contributed by atoms with Crippen molar-refractivity contribution in [3.63, 3.8) is 0 Å². The first-order valence-electron chi connectivity index (χ1n) is 6.80. The highest BCUT2D eigenvalue weighted by Crippen LogP contribution is 2.29. The molecule has 1 aromatic carbocycles. The average Bonchev–Trinajstić information content (AvgIpc) is 2.38. The monoisotopic (exact) mass is 251 g/mol. The van der Waals surface area contributed by atoms with Gasteiger partial charge in [0.25, 0.3) is 0 Å². The molecule has 2 nitrogen and oxygen atoms in total. The van der Waals surface area contributed by atoms with Gasteiger partial charge in [-0.25, -0.2) is 4.39 Å². The zero-order valence-electron chi connectivity index (χ0n) is 11.2. The predicted molar refractivity (Wildman–Crippen MR) is 71.6 cm³/mol. The Morgan fingerprint density at radius 3 is 2.72 bits per heavy atom. The number of benzene rings is 1. The lowest BCUT2D eigenvalue weighted by atomic mass is 9.90. The van der Waals surface area contributed by atoms with Gasteiger partial charge in [0, 0.05) is 0 Å². The summed E-state index contributed by atoms with van der Waals surface area (Å²) < 4.78 is 19.2. The van der Waals surface area contributed by atoms with Gasteiger partial charge in [0.1, 0.15) is 0 Å². The van der Waals surface area contributed by atoms with Gasteiger partial charge < -0.3 is 10.1 Å². The number of hydrogen-bond donors (Lipinski definition) is 1. The first kappa shape index (κ1) is 13.3. The summed E-state index contributed by atoms with van der Waals surface area (Å²) in [5.41, 5.74) is 1.21. The highest BCUT2D eigenvalue weighted by atomic mass is 19.1. The van der Waals surface area contributed by atoms with Gasteiger partial charge in [0.2, 0.25) is 0 Å². The van der Waals surface area contributed by atoms with E-state index < -0.39 is 0 Å². The Bertz CT molecular complexity index is 386. The van der Waals surface area contributed by atoms with Crippen LogP contribution in [0.15, 0.2) is 18.2 Å². The fourth-order valence-corrected chi connectivity index (χ4v) is 2.30. The third-order valence-corrected chi connectivity index (χ3v) is 3.34. The van der Waals surface area contributed by atoms with E-state index >= 15 is 0 Å². The molecule has 18 heavy (non-hydrogen) atoms. The molecule has 0 radical (unpaired) electrons. The molecule has 1 fully saturated rings. The molecule has 0 saturated carbocycles. The van der Waals surface area contributed by atoms with Gasteiger partial charge in [-0.3, -0.25) is 0 Å². The van der Waals surface area contributed by atoms with Crippen molar-refractivity contribution >= 4 is 0 Å². The van der Waals surface area contributed by atoms with Crippen LogP contribution in [0, 0.1) is 11.7 Å². The van der Waals surface area contributed by atoms with Gasteiger partial charge in [-0.1, -0.05) is 19.9 Å². The van der Waals surface area contributed by atoms with Gasteiger partial charge in [-0.15, -0.1) is 0 Å². The Hall–Kier alpha value is -1.09. The standard InChI is InChI=1S/C15H22FNO/c1-11(2)10-18-15-9-13(3-4-14(15)16)12-5-7-17-8-6-12/h3-4,9,11-12,17H,5-8,10H2,1-2H3. The van der Waals surface area contributed by atoms with Crippen LogP contribution in [0.5, 0.6) is 5.75 Å². The van der Waals surface area contributed by atoms with E-state index in [1.807, 2.05) is 12.1 Å². The summed E-state index contributed by atoms with van der Waals surface area (Å²) in [6, 6.07) is 5.31. The van der Waals surface area contributed by atoms with Crippen LogP contribution < -0.4 is 10.1 Å². The molecular weight excluding hydrogens is 229 g/mol. The maximum absolute atomic E-state index is 13.6. The van der Waals surface area contributed by atoms with Crippen molar-refractivity contribution in [2.75, 3.05) is 19.7 Å². The number of hydrogen-bond acceptors (Lipinski definition) is 2. The Morgan fingerprint density at radius 2 is 2.06 bits per heavy atom. The van der Waals surface area contributed by atoms with Gasteiger partial charge in [0.15, 0.2) is 11.6 Å². The molecule has 0 atom stereocenters. The van der Waals surface area contributed by atoms with Crippen molar-refractivity contribution < 1.29 is 9.13 Å². The third-order valence-electron chi connectivity index (χ3n) is 3.34. The average molecular weight is 251 g/mol. The minimum atomic E-state index is -0.256. The highest BCUT2D eigenvalue weighted by Gasteiger charge is 2.17. The summed E-state index contributed by atoms with van der Waals surface area (Å²) in [6.45, 7) is 6.78. The van der Waals surface area contributed by atoms with Crippen molar-refractivity contribution in [2.45, 2.75) is 32.6 Å². The Balaban J connectivity index is 2.09. The zero-order valence-corrected chi connectivity index (χ0v) is 11.2. The molecule has 1 aliphatic rings. The maximum atomic E-state index is 13.6. The fourth-order valence-electron chi connectivity index (χ4n) is 2.30. The fraction of sp³-hybridized carbons (Fsp3) is 0.600. The SMILES string of the molecule is CC(C)COc1cc(C2CCNCC2)ccc1F. The summed E-state index contributed by atoms with van der Waals surface area (Å²) in [4.78, 5) is 0. The largest absolute Gasteiger partial charge is 0.490 e. The van der Waals surface area contributed by atoms with E-state index in [0.29, 0.717) is 24.2 Å². The maximum Gasteiger partial charge on any atom is 0.165 e. The number of rotatable bonds is 4. The van der Waals surface area contributed by atoms with Crippen LogP contribution in [-0.4, -0.2) is 19.7 Å². The van der Waals surface area contributed by atoms with Gasteiger partial charge in [0.05, 0.1) is 6.61 Å². The van der Waals surface area contributed by atoms with E-state index in [-0.39, 0.29) is 5.82 Å². The van der Waals surface area contributed by atoms with Gasteiger partial charge in [-0.2, -0.15) is 0 Å². The molecular formula is C15H22FNO. The highest BCUT2D eigenvalue weighted by molar-refractivity contribution is 5.32. The van der Waals surface area contributed by atoms with Crippen molar-refractivity contribution in [1.29, 1.82) is 0 Å². The first-order chi connectivity index (χ1) is 8.66. The predicted octanol–water partition coefficient (Wildman–Crippen LogP) is 3.33. The van der Waals surface area contributed by atoms with Crippen molar-refractivity contribution in [2.24, 2.45) is 5.92 Å². The van der Waals surface area contributed by atoms with Crippen molar-refractivity contribution in [1.82, 2.24) is 5.32 Å². The normalized spacial score (nSPS) is 17.1. The molecule has 2 rings (SSSR count). The van der Waals surface area contributed by atoms with Gasteiger partial charge >= 0.3 is 0 Å². The van der Waals surface area contributed by atoms with E-state index in [0.717, 1.165) is 25.9 Å². The molecule has 0 aliphatic carbocycles. The lowest BCUT2D eigenvalue weighted by Crippen LogP contribution is -2.26. The molecule has 1 heterocycles. The van der Waals surface area contributed by atoms with E-state index in [4.69, 9.17) is 4.74 Å². The Kier molecular flexibility index (Phi) is 4.59. The smallest absolute Gasteiger partial charge is 0.165 e. The number of piperidine rings is 1.